The van der Waals surface area contributed by atoms with Gasteiger partial charge in [-0.3, -0.25) is 4.90 Å². The zero-order chi connectivity index (χ0) is 13.8. The van der Waals surface area contributed by atoms with Crippen LogP contribution < -0.4 is 0 Å². The predicted molar refractivity (Wildman–Crippen MR) is 80.7 cm³/mol. The van der Waals surface area contributed by atoms with Crippen molar-refractivity contribution in [3.05, 3.63) is 0 Å². The second-order valence-electron chi connectivity index (χ2n) is 6.82. The van der Waals surface area contributed by atoms with Crippen molar-refractivity contribution in [3.8, 4) is 0 Å². The van der Waals surface area contributed by atoms with Crippen LogP contribution in [-0.2, 0) is 9.47 Å². The highest BCUT2D eigenvalue weighted by atomic mass is 16.5. The molecule has 0 radical (unpaired) electrons. The average molecular weight is 281 g/mol. The third-order valence-corrected chi connectivity index (χ3v) is 5.80. The molecular weight excluding hydrogens is 250 g/mol. The van der Waals surface area contributed by atoms with E-state index in [1.165, 1.54) is 57.8 Å². The monoisotopic (exact) mass is 281 g/mol. The number of fused-ring (bicyclic) bond motifs is 1. The van der Waals surface area contributed by atoms with Gasteiger partial charge < -0.3 is 9.47 Å². The van der Waals surface area contributed by atoms with Crippen LogP contribution in [0.5, 0.6) is 0 Å². The van der Waals surface area contributed by atoms with Gasteiger partial charge in [0, 0.05) is 32.0 Å². The zero-order valence-electron chi connectivity index (χ0n) is 13.1. The lowest BCUT2D eigenvalue weighted by Gasteiger charge is -2.35. The molecule has 2 saturated carbocycles. The summed E-state index contributed by atoms with van der Waals surface area (Å²) < 4.78 is 11.7. The Kier molecular flexibility index (Phi) is 5.00. The third-order valence-electron chi connectivity index (χ3n) is 5.80. The predicted octanol–water partition coefficient (Wildman–Crippen LogP) is 3.43. The van der Waals surface area contributed by atoms with Gasteiger partial charge in [-0.05, 0) is 12.8 Å². The summed E-state index contributed by atoms with van der Waals surface area (Å²) in [6, 6.07) is 0. The molecule has 20 heavy (non-hydrogen) atoms. The summed E-state index contributed by atoms with van der Waals surface area (Å²) in [5, 5.41) is 0. The number of methoxy groups -OCH3 is 1. The molecule has 3 aliphatic rings. The van der Waals surface area contributed by atoms with Crippen LogP contribution in [-0.4, -0.2) is 44.0 Å². The largest absolute Gasteiger partial charge is 0.379 e. The van der Waals surface area contributed by atoms with Crippen molar-refractivity contribution >= 4 is 0 Å². The van der Waals surface area contributed by atoms with E-state index >= 15 is 0 Å². The van der Waals surface area contributed by atoms with E-state index in [2.05, 4.69) is 4.90 Å². The molecule has 116 valence electrons. The van der Waals surface area contributed by atoms with Crippen LogP contribution in [0.2, 0.25) is 0 Å². The first-order valence-corrected chi connectivity index (χ1v) is 8.77. The van der Waals surface area contributed by atoms with Crippen molar-refractivity contribution in [2.75, 3.05) is 33.4 Å². The fourth-order valence-electron chi connectivity index (χ4n) is 4.73. The van der Waals surface area contributed by atoms with Gasteiger partial charge in [0.25, 0.3) is 0 Å². The SMILES string of the molecule is COC1(N2CCOCC2)C2CCCCCCCCCC21. The first-order chi connectivity index (χ1) is 9.89. The molecule has 0 aromatic carbocycles. The maximum Gasteiger partial charge on any atom is 0.127 e. The molecule has 3 nitrogen and oxygen atoms in total. The summed E-state index contributed by atoms with van der Waals surface area (Å²) >= 11 is 0. The Hall–Kier alpha value is -0.120. The van der Waals surface area contributed by atoms with E-state index in [1.54, 1.807) is 0 Å². The molecule has 3 fully saturated rings. The number of ether oxygens (including phenoxy) is 2. The average Bonchev–Trinajstić information content (AvgIpc) is 3.14. The molecule has 1 aliphatic heterocycles. The van der Waals surface area contributed by atoms with Crippen LogP contribution in [0.3, 0.4) is 0 Å². The maximum absolute atomic E-state index is 6.13. The molecular formula is C17H31NO2. The van der Waals surface area contributed by atoms with E-state index in [-0.39, 0.29) is 5.72 Å². The van der Waals surface area contributed by atoms with Crippen molar-refractivity contribution in [1.29, 1.82) is 0 Å². The fourth-order valence-corrected chi connectivity index (χ4v) is 4.73. The van der Waals surface area contributed by atoms with E-state index in [9.17, 15) is 0 Å². The molecule has 2 atom stereocenters. The van der Waals surface area contributed by atoms with E-state index in [4.69, 9.17) is 9.47 Å². The topological polar surface area (TPSA) is 21.7 Å². The van der Waals surface area contributed by atoms with Crippen molar-refractivity contribution in [3.63, 3.8) is 0 Å². The van der Waals surface area contributed by atoms with Gasteiger partial charge in [-0.1, -0.05) is 44.9 Å². The van der Waals surface area contributed by atoms with E-state index in [0.717, 1.165) is 38.1 Å². The molecule has 2 unspecified atom stereocenters. The first-order valence-electron chi connectivity index (χ1n) is 8.77. The number of rotatable bonds is 2. The number of morpholine rings is 1. The van der Waals surface area contributed by atoms with Crippen molar-refractivity contribution < 1.29 is 9.47 Å². The summed E-state index contributed by atoms with van der Waals surface area (Å²) in [4.78, 5) is 2.59. The van der Waals surface area contributed by atoms with E-state index in [0.29, 0.717) is 0 Å². The van der Waals surface area contributed by atoms with Gasteiger partial charge in [0.2, 0.25) is 0 Å². The summed E-state index contributed by atoms with van der Waals surface area (Å²) in [6.45, 7) is 3.87. The van der Waals surface area contributed by atoms with Crippen LogP contribution in [0.4, 0.5) is 0 Å². The molecule has 1 saturated heterocycles. The van der Waals surface area contributed by atoms with Crippen LogP contribution in [0, 0.1) is 11.8 Å². The van der Waals surface area contributed by atoms with Crippen molar-refractivity contribution in [1.82, 2.24) is 4.90 Å². The lowest BCUT2D eigenvalue weighted by molar-refractivity contribution is -0.115. The minimum Gasteiger partial charge on any atom is -0.379 e. The number of hydrogen-bond acceptors (Lipinski definition) is 3. The van der Waals surface area contributed by atoms with E-state index < -0.39 is 0 Å². The Morgan fingerprint density at radius 1 is 0.850 bits per heavy atom. The lowest BCUT2D eigenvalue weighted by atomic mass is 10.1. The van der Waals surface area contributed by atoms with Gasteiger partial charge in [-0.15, -0.1) is 0 Å². The molecule has 2 aliphatic carbocycles. The number of nitrogens with zero attached hydrogens (tertiary/aromatic N) is 1. The molecule has 0 N–H and O–H groups in total. The molecule has 1 heterocycles. The Bertz CT molecular complexity index is 285. The highest BCUT2D eigenvalue weighted by Crippen LogP contribution is 2.60. The quantitative estimate of drug-likeness (QED) is 0.774. The second kappa shape index (κ2) is 6.76. The molecule has 3 rings (SSSR count). The van der Waals surface area contributed by atoms with Crippen LogP contribution in [0.15, 0.2) is 0 Å². The van der Waals surface area contributed by atoms with Gasteiger partial charge in [0.1, 0.15) is 5.72 Å². The van der Waals surface area contributed by atoms with Crippen molar-refractivity contribution in [2.45, 2.75) is 63.5 Å². The normalized spacial score (nSPS) is 40.6. The Morgan fingerprint density at radius 2 is 1.35 bits per heavy atom. The van der Waals surface area contributed by atoms with Gasteiger partial charge in [0.15, 0.2) is 0 Å². The van der Waals surface area contributed by atoms with Gasteiger partial charge in [0.05, 0.1) is 13.2 Å². The molecule has 0 amide bonds. The van der Waals surface area contributed by atoms with Crippen molar-refractivity contribution in [2.24, 2.45) is 11.8 Å². The smallest absolute Gasteiger partial charge is 0.127 e. The Labute approximate surface area is 124 Å². The molecule has 0 spiro atoms. The first kappa shape index (κ1) is 14.8. The van der Waals surface area contributed by atoms with Crippen LogP contribution >= 0.6 is 0 Å². The Morgan fingerprint density at radius 3 is 1.85 bits per heavy atom. The summed E-state index contributed by atoms with van der Waals surface area (Å²) in [5.41, 5.74) is 0.0724. The Balaban J connectivity index is 1.67. The van der Waals surface area contributed by atoms with E-state index in [1.807, 2.05) is 7.11 Å². The van der Waals surface area contributed by atoms with Crippen LogP contribution in [0.25, 0.3) is 0 Å². The number of hydrogen-bond donors (Lipinski definition) is 0. The van der Waals surface area contributed by atoms with Gasteiger partial charge >= 0.3 is 0 Å². The highest BCUT2D eigenvalue weighted by molar-refractivity contribution is 5.12. The standard InChI is InChI=1S/C17H31NO2/c1-19-17(18-11-13-20-14-12-18)15-9-7-5-3-2-4-6-8-10-16(15)17/h15-16H,2-14H2,1H3. The molecule has 0 aromatic heterocycles. The highest BCUT2D eigenvalue weighted by Gasteiger charge is 2.67. The zero-order valence-corrected chi connectivity index (χ0v) is 13.1. The fraction of sp³-hybridized carbons (Fsp3) is 1.00. The maximum atomic E-state index is 6.13. The second-order valence-corrected chi connectivity index (χ2v) is 6.82. The molecule has 3 heteroatoms. The van der Waals surface area contributed by atoms with Crippen LogP contribution in [0.1, 0.15) is 57.8 Å². The minimum absolute atomic E-state index is 0.0724. The minimum atomic E-state index is 0.0724. The summed E-state index contributed by atoms with van der Waals surface area (Å²) in [7, 11) is 1.94. The summed E-state index contributed by atoms with van der Waals surface area (Å²) in [6.07, 6.45) is 12.7. The molecule has 0 bridgehead atoms. The third kappa shape index (κ3) is 2.77. The lowest BCUT2D eigenvalue weighted by Crippen LogP contribution is -2.48. The van der Waals surface area contributed by atoms with Gasteiger partial charge in [-0.25, -0.2) is 0 Å². The molecule has 0 aromatic rings. The summed E-state index contributed by atoms with van der Waals surface area (Å²) in [5.74, 6) is 1.56. The van der Waals surface area contributed by atoms with Gasteiger partial charge in [-0.2, -0.15) is 0 Å².